The van der Waals surface area contributed by atoms with Crippen LogP contribution >= 0.6 is 0 Å². The second kappa shape index (κ2) is 6.34. The molecule has 0 radical (unpaired) electrons. The van der Waals surface area contributed by atoms with E-state index < -0.39 is 10.0 Å². The van der Waals surface area contributed by atoms with Gasteiger partial charge in [0.1, 0.15) is 0 Å². The van der Waals surface area contributed by atoms with Gasteiger partial charge < -0.3 is 5.73 Å². The number of hydrazine groups is 1. The molecule has 1 aromatic carbocycles. The zero-order valence-corrected chi connectivity index (χ0v) is 13.8. The molecule has 1 fully saturated rings. The first kappa shape index (κ1) is 16.3. The van der Waals surface area contributed by atoms with E-state index in [1.54, 1.807) is 18.2 Å². The number of aryl methyl sites for hydroxylation is 1. The lowest BCUT2D eigenvalue weighted by Gasteiger charge is -2.38. The van der Waals surface area contributed by atoms with Crippen LogP contribution in [-0.2, 0) is 16.4 Å². The first-order chi connectivity index (χ1) is 9.85. The second-order valence-corrected chi connectivity index (χ2v) is 7.51. The highest BCUT2D eigenvalue weighted by atomic mass is 32.2. The summed E-state index contributed by atoms with van der Waals surface area (Å²) in [6.07, 6.45) is 3.94. The van der Waals surface area contributed by atoms with E-state index in [1.807, 2.05) is 25.8 Å². The summed E-state index contributed by atoms with van der Waals surface area (Å²) in [6, 6.07) is 5.36. The van der Waals surface area contributed by atoms with Crippen molar-refractivity contribution in [3.63, 3.8) is 0 Å². The van der Waals surface area contributed by atoms with E-state index in [9.17, 15) is 8.42 Å². The molecule has 21 heavy (non-hydrogen) atoms. The Kier molecular flexibility index (Phi) is 4.91. The summed E-state index contributed by atoms with van der Waals surface area (Å²) < 4.78 is 25.1. The van der Waals surface area contributed by atoms with Crippen molar-refractivity contribution in [2.24, 2.45) is 0 Å². The largest absolute Gasteiger partial charge is 0.398 e. The molecule has 6 heteroatoms. The Bertz CT molecular complexity index is 591. The molecule has 2 atom stereocenters. The molecule has 3 N–H and O–H groups in total. The molecule has 1 aliphatic heterocycles. The molecule has 1 aromatic rings. The number of nitrogens with zero attached hydrogens (tertiary/aromatic N) is 1. The Hall–Kier alpha value is -1.11. The molecule has 0 saturated carbocycles. The van der Waals surface area contributed by atoms with Gasteiger partial charge in [-0.2, -0.15) is 0 Å². The Balaban J connectivity index is 2.23. The van der Waals surface area contributed by atoms with Crippen molar-refractivity contribution in [3.8, 4) is 0 Å². The zero-order valence-electron chi connectivity index (χ0n) is 13.0. The number of piperidine rings is 1. The first-order valence-electron chi connectivity index (χ1n) is 7.54. The third-order valence-corrected chi connectivity index (χ3v) is 5.55. The highest BCUT2D eigenvalue weighted by Crippen LogP contribution is 2.23. The van der Waals surface area contributed by atoms with Gasteiger partial charge >= 0.3 is 0 Å². The van der Waals surface area contributed by atoms with E-state index in [1.165, 1.54) is 0 Å². The molecule has 1 heterocycles. The number of rotatable bonds is 4. The maximum atomic E-state index is 12.5. The molecule has 1 saturated heterocycles. The van der Waals surface area contributed by atoms with Crippen LogP contribution in [0.2, 0.25) is 0 Å². The van der Waals surface area contributed by atoms with Crippen LogP contribution in [-0.4, -0.2) is 25.5 Å². The van der Waals surface area contributed by atoms with E-state index in [0.717, 1.165) is 31.2 Å². The van der Waals surface area contributed by atoms with Crippen LogP contribution in [0.1, 0.15) is 45.6 Å². The Labute approximate surface area is 127 Å². The summed E-state index contributed by atoms with van der Waals surface area (Å²) in [5.41, 5.74) is 7.40. The van der Waals surface area contributed by atoms with Crippen molar-refractivity contribution in [3.05, 3.63) is 23.8 Å². The average Bonchev–Trinajstić information content (AvgIpc) is 2.43. The van der Waals surface area contributed by atoms with Crippen LogP contribution in [0.5, 0.6) is 0 Å². The topological polar surface area (TPSA) is 75.4 Å². The summed E-state index contributed by atoms with van der Waals surface area (Å²) in [6.45, 7) is 6.09. The number of sulfonamides is 1. The van der Waals surface area contributed by atoms with Crippen LogP contribution in [0, 0.1) is 0 Å². The second-order valence-electron chi connectivity index (χ2n) is 5.85. The number of anilines is 1. The van der Waals surface area contributed by atoms with E-state index in [0.29, 0.717) is 5.69 Å². The predicted molar refractivity (Wildman–Crippen MR) is 85.2 cm³/mol. The van der Waals surface area contributed by atoms with Gasteiger partial charge in [-0.3, -0.25) is 0 Å². The van der Waals surface area contributed by atoms with Gasteiger partial charge in [0.15, 0.2) is 0 Å². The monoisotopic (exact) mass is 311 g/mol. The van der Waals surface area contributed by atoms with E-state index in [2.05, 4.69) is 4.83 Å². The number of hydrogen-bond acceptors (Lipinski definition) is 4. The van der Waals surface area contributed by atoms with Crippen molar-refractivity contribution < 1.29 is 8.42 Å². The predicted octanol–water partition coefficient (Wildman–Crippen LogP) is 2.29. The molecule has 0 bridgehead atoms. The summed E-state index contributed by atoms with van der Waals surface area (Å²) in [7, 11) is -3.58. The fraction of sp³-hybridized carbons (Fsp3) is 0.600. The average molecular weight is 311 g/mol. The molecular formula is C15H25N3O2S. The first-order valence-corrected chi connectivity index (χ1v) is 9.02. The Morgan fingerprint density at radius 2 is 1.90 bits per heavy atom. The molecular weight excluding hydrogens is 286 g/mol. The molecule has 0 aliphatic carbocycles. The van der Waals surface area contributed by atoms with Crippen molar-refractivity contribution in [2.75, 3.05) is 5.73 Å². The number of nitrogen functional groups attached to an aromatic ring is 1. The van der Waals surface area contributed by atoms with Gasteiger partial charge in [0.2, 0.25) is 0 Å². The van der Waals surface area contributed by atoms with Gasteiger partial charge in [-0.05, 0) is 50.8 Å². The minimum absolute atomic E-state index is 0.204. The van der Waals surface area contributed by atoms with Crippen LogP contribution in [0.4, 0.5) is 5.69 Å². The van der Waals surface area contributed by atoms with Gasteiger partial charge in [-0.25, -0.2) is 13.4 Å². The Morgan fingerprint density at radius 3 is 2.43 bits per heavy atom. The standard InChI is InChI=1S/C15H25N3O2S/c1-4-13-8-9-14(10-15(13)16)21(19,20)17-18-11(2)6-5-7-12(18)3/h8-12,17H,4-7,16H2,1-3H3. The highest BCUT2D eigenvalue weighted by molar-refractivity contribution is 7.89. The summed E-state index contributed by atoms with van der Waals surface area (Å²) in [4.78, 5) is 2.95. The summed E-state index contributed by atoms with van der Waals surface area (Å²) in [5.74, 6) is 0. The zero-order chi connectivity index (χ0) is 15.6. The highest BCUT2D eigenvalue weighted by Gasteiger charge is 2.29. The van der Waals surface area contributed by atoms with Gasteiger partial charge in [0, 0.05) is 17.8 Å². The van der Waals surface area contributed by atoms with Crippen LogP contribution in [0.25, 0.3) is 0 Å². The van der Waals surface area contributed by atoms with Crippen molar-refractivity contribution in [1.82, 2.24) is 9.84 Å². The van der Waals surface area contributed by atoms with Crippen molar-refractivity contribution >= 4 is 15.7 Å². The van der Waals surface area contributed by atoms with Crippen molar-refractivity contribution in [1.29, 1.82) is 0 Å². The fourth-order valence-corrected chi connectivity index (χ4v) is 4.13. The van der Waals surface area contributed by atoms with Gasteiger partial charge in [-0.1, -0.05) is 19.4 Å². The maximum absolute atomic E-state index is 12.5. The normalized spacial score (nSPS) is 24.1. The van der Waals surface area contributed by atoms with Crippen LogP contribution < -0.4 is 10.6 Å². The van der Waals surface area contributed by atoms with Crippen LogP contribution in [0.3, 0.4) is 0 Å². The molecule has 2 unspecified atom stereocenters. The minimum Gasteiger partial charge on any atom is -0.398 e. The molecule has 2 rings (SSSR count). The number of nitrogens with two attached hydrogens (primary N) is 1. The lowest BCUT2D eigenvalue weighted by Crippen LogP contribution is -2.53. The van der Waals surface area contributed by atoms with Crippen LogP contribution in [0.15, 0.2) is 23.1 Å². The lowest BCUT2D eigenvalue weighted by molar-refractivity contribution is 0.0790. The summed E-state index contributed by atoms with van der Waals surface area (Å²) in [5, 5.41) is 1.85. The molecule has 0 aromatic heterocycles. The maximum Gasteiger partial charge on any atom is 0.253 e. The van der Waals surface area contributed by atoms with Gasteiger partial charge in [0.05, 0.1) is 4.90 Å². The molecule has 118 valence electrons. The quantitative estimate of drug-likeness (QED) is 0.837. The SMILES string of the molecule is CCc1ccc(S(=O)(=O)NN2C(C)CCCC2C)cc1N. The van der Waals surface area contributed by atoms with E-state index >= 15 is 0 Å². The van der Waals surface area contributed by atoms with Gasteiger partial charge in [0.25, 0.3) is 10.0 Å². The Morgan fingerprint density at radius 1 is 1.29 bits per heavy atom. The third kappa shape index (κ3) is 3.56. The van der Waals surface area contributed by atoms with E-state index in [-0.39, 0.29) is 17.0 Å². The molecule has 0 spiro atoms. The number of benzene rings is 1. The molecule has 0 amide bonds. The third-order valence-electron chi connectivity index (χ3n) is 4.23. The fourth-order valence-electron chi connectivity index (χ4n) is 2.85. The number of nitrogens with one attached hydrogen (secondary N) is 1. The van der Waals surface area contributed by atoms with Crippen molar-refractivity contribution in [2.45, 2.75) is 63.4 Å². The lowest BCUT2D eigenvalue weighted by atomic mass is 10.0. The minimum atomic E-state index is -3.58. The smallest absolute Gasteiger partial charge is 0.253 e. The van der Waals surface area contributed by atoms with E-state index in [4.69, 9.17) is 5.73 Å². The number of hydrogen-bond donors (Lipinski definition) is 2. The van der Waals surface area contributed by atoms with Gasteiger partial charge in [-0.15, -0.1) is 4.83 Å². The summed E-state index contributed by atoms with van der Waals surface area (Å²) >= 11 is 0. The molecule has 1 aliphatic rings. The molecule has 5 nitrogen and oxygen atoms in total.